The number of nitrogens with zero attached hydrogens (tertiary/aromatic N) is 1. The summed E-state index contributed by atoms with van der Waals surface area (Å²) in [7, 11) is 0. The quantitative estimate of drug-likeness (QED) is 0.458. The van der Waals surface area contributed by atoms with Crippen LogP contribution in [-0.2, 0) is 6.18 Å². The molecule has 1 aromatic rings. The van der Waals surface area contributed by atoms with Gasteiger partial charge in [-0.3, -0.25) is 14.9 Å². The lowest BCUT2D eigenvalue weighted by molar-refractivity contribution is -0.385. The molecule has 0 N–H and O–H groups in total. The highest BCUT2D eigenvalue weighted by atomic mass is 19.4. The van der Waals surface area contributed by atoms with Crippen LogP contribution in [-0.4, -0.2) is 10.7 Å². The molecular weight excluding hydrogens is 239 g/mol. The van der Waals surface area contributed by atoms with Crippen LogP contribution in [0.4, 0.5) is 18.9 Å². The van der Waals surface area contributed by atoms with Crippen molar-refractivity contribution < 1.29 is 22.9 Å². The van der Waals surface area contributed by atoms with E-state index < -0.39 is 33.7 Å². The van der Waals surface area contributed by atoms with Gasteiger partial charge in [0.15, 0.2) is 5.78 Å². The first kappa shape index (κ1) is 13.1. The number of nitro groups is 1. The van der Waals surface area contributed by atoms with Gasteiger partial charge in [-0.05, 0) is 19.9 Å². The molecule has 0 saturated carbocycles. The van der Waals surface area contributed by atoms with Gasteiger partial charge in [-0.2, -0.15) is 13.2 Å². The summed E-state index contributed by atoms with van der Waals surface area (Å²) in [5, 5.41) is 10.5. The lowest BCUT2D eigenvalue weighted by Gasteiger charge is -2.11. The molecule has 17 heavy (non-hydrogen) atoms. The second kappa shape index (κ2) is 4.15. The third-order valence-corrected chi connectivity index (χ3v) is 2.22. The number of ketones is 1. The number of benzene rings is 1. The smallest absolute Gasteiger partial charge is 0.294 e. The monoisotopic (exact) mass is 247 g/mol. The molecule has 0 radical (unpaired) electrons. The largest absolute Gasteiger partial charge is 0.417 e. The van der Waals surface area contributed by atoms with E-state index in [0.717, 1.165) is 13.0 Å². The summed E-state index contributed by atoms with van der Waals surface area (Å²) >= 11 is 0. The Balaban J connectivity index is 3.60. The Morgan fingerprint density at radius 3 is 2.24 bits per heavy atom. The lowest BCUT2D eigenvalue weighted by Crippen LogP contribution is -2.13. The van der Waals surface area contributed by atoms with Crippen LogP contribution < -0.4 is 0 Å². The zero-order valence-electron chi connectivity index (χ0n) is 8.96. The summed E-state index contributed by atoms with van der Waals surface area (Å²) in [6.07, 6.45) is -4.79. The molecule has 7 heteroatoms. The van der Waals surface area contributed by atoms with Gasteiger partial charge in [-0.25, -0.2) is 0 Å². The lowest BCUT2D eigenvalue weighted by atomic mass is 9.99. The van der Waals surface area contributed by atoms with Crippen LogP contribution in [0.5, 0.6) is 0 Å². The summed E-state index contributed by atoms with van der Waals surface area (Å²) in [4.78, 5) is 20.7. The first-order valence-electron chi connectivity index (χ1n) is 4.51. The molecule has 92 valence electrons. The number of halogens is 3. The number of hydrogen-bond donors (Lipinski definition) is 0. The van der Waals surface area contributed by atoms with E-state index in [2.05, 4.69) is 0 Å². The van der Waals surface area contributed by atoms with E-state index in [9.17, 15) is 28.1 Å². The Hall–Kier alpha value is -1.92. The average molecular weight is 247 g/mol. The van der Waals surface area contributed by atoms with Crippen molar-refractivity contribution in [3.63, 3.8) is 0 Å². The van der Waals surface area contributed by atoms with Gasteiger partial charge >= 0.3 is 6.18 Å². The highest BCUT2D eigenvalue weighted by molar-refractivity contribution is 5.96. The maximum Gasteiger partial charge on any atom is 0.417 e. The normalized spacial score (nSPS) is 11.4. The van der Waals surface area contributed by atoms with E-state index in [1.165, 1.54) is 6.92 Å². The molecule has 0 bridgehead atoms. The van der Waals surface area contributed by atoms with Gasteiger partial charge in [0.05, 0.1) is 10.5 Å². The third kappa shape index (κ3) is 2.61. The van der Waals surface area contributed by atoms with Crippen LogP contribution in [0.2, 0.25) is 0 Å². The van der Waals surface area contributed by atoms with Crippen LogP contribution in [0.15, 0.2) is 12.1 Å². The molecule has 0 atom stereocenters. The van der Waals surface area contributed by atoms with Crippen LogP contribution in [0, 0.1) is 17.0 Å². The number of carbonyl (C=O) groups excluding carboxylic acids is 1. The Labute approximate surface area is 94.2 Å². The highest BCUT2D eigenvalue weighted by Gasteiger charge is 2.36. The molecule has 0 saturated heterocycles. The van der Waals surface area contributed by atoms with Crippen molar-refractivity contribution in [2.45, 2.75) is 20.0 Å². The van der Waals surface area contributed by atoms with Crippen molar-refractivity contribution in [3.05, 3.63) is 38.9 Å². The number of rotatable bonds is 2. The van der Waals surface area contributed by atoms with E-state index in [-0.39, 0.29) is 5.56 Å². The topological polar surface area (TPSA) is 60.2 Å². The van der Waals surface area contributed by atoms with Crippen molar-refractivity contribution in [2.75, 3.05) is 0 Å². The predicted octanol–water partition coefficient (Wildman–Crippen LogP) is 3.12. The minimum absolute atomic E-state index is 0.0215. The third-order valence-electron chi connectivity index (χ3n) is 2.22. The molecule has 1 aromatic carbocycles. The second-order valence-electron chi connectivity index (χ2n) is 3.50. The number of nitro benzene ring substituents is 1. The summed E-state index contributed by atoms with van der Waals surface area (Å²) in [6, 6.07) is 1.29. The SMILES string of the molecule is CC(=O)c1cc(C)c([N+](=O)[O-])cc1C(F)(F)F. The molecule has 0 aliphatic rings. The maximum absolute atomic E-state index is 12.6. The Morgan fingerprint density at radius 2 is 1.88 bits per heavy atom. The zero-order chi connectivity index (χ0) is 13.4. The number of aryl methyl sites for hydroxylation is 1. The molecule has 4 nitrogen and oxygen atoms in total. The summed E-state index contributed by atoms with van der Waals surface area (Å²) in [5.41, 5.74) is -2.46. The van der Waals surface area contributed by atoms with Gasteiger partial charge in [0.1, 0.15) is 0 Å². The number of hydrogen-bond acceptors (Lipinski definition) is 3. The minimum Gasteiger partial charge on any atom is -0.294 e. The molecule has 0 aromatic heterocycles. The van der Waals surface area contributed by atoms with Crippen LogP contribution in [0.25, 0.3) is 0 Å². The van der Waals surface area contributed by atoms with Crippen molar-refractivity contribution in [2.24, 2.45) is 0 Å². The fourth-order valence-electron chi connectivity index (χ4n) is 1.42. The predicted molar refractivity (Wildman–Crippen MR) is 52.8 cm³/mol. The van der Waals surface area contributed by atoms with E-state index in [4.69, 9.17) is 0 Å². The van der Waals surface area contributed by atoms with E-state index in [1.54, 1.807) is 0 Å². The van der Waals surface area contributed by atoms with Gasteiger partial charge in [0, 0.05) is 17.2 Å². The van der Waals surface area contributed by atoms with Gasteiger partial charge < -0.3 is 0 Å². The molecule has 0 spiro atoms. The van der Waals surface area contributed by atoms with Crippen molar-refractivity contribution >= 4 is 11.5 Å². The molecule has 0 aliphatic carbocycles. The standard InChI is InChI=1S/C10H8F3NO3/c1-5-3-7(6(2)15)8(10(11,12)13)4-9(5)14(16)17/h3-4H,1-2H3. The Bertz CT molecular complexity index is 494. The number of Topliss-reactive ketones (excluding diaryl/α,β-unsaturated/α-hetero) is 1. The number of alkyl halides is 3. The van der Waals surface area contributed by atoms with Crippen LogP contribution in [0.3, 0.4) is 0 Å². The van der Waals surface area contributed by atoms with Gasteiger partial charge in [0.25, 0.3) is 5.69 Å². The minimum atomic E-state index is -4.79. The van der Waals surface area contributed by atoms with E-state index in [1.807, 2.05) is 0 Å². The van der Waals surface area contributed by atoms with Gasteiger partial charge in [-0.1, -0.05) is 0 Å². The molecule has 0 fully saturated rings. The fraction of sp³-hybridized carbons (Fsp3) is 0.300. The second-order valence-corrected chi connectivity index (χ2v) is 3.50. The van der Waals surface area contributed by atoms with Gasteiger partial charge in [-0.15, -0.1) is 0 Å². The fourth-order valence-corrected chi connectivity index (χ4v) is 1.42. The maximum atomic E-state index is 12.6. The number of carbonyl (C=O) groups is 1. The molecule has 1 rings (SSSR count). The zero-order valence-corrected chi connectivity index (χ0v) is 8.96. The molecule has 0 unspecified atom stereocenters. The average Bonchev–Trinajstić information content (AvgIpc) is 2.14. The summed E-state index contributed by atoms with van der Waals surface area (Å²) in [6.45, 7) is 2.26. The highest BCUT2D eigenvalue weighted by Crippen LogP contribution is 2.36. The van der Waals surface area contributed by atoms with E-state index >= 15 is 0 Å². The first-order chi connectivity index (χ1) is 7.64. The summed E-state index contributed by atoms with van der Waals surface area (Å²) in [5.74, 6) is -0.782. The van der Waals surface area contributed by atoms with Gasteiger partial charge in [0.2, 0.25) is 0 Å². The summed E-state index contributed by atoms with van der Waals surface area (Å²) < 4.78 is 37.8. The van der Waals surface area contributed by atoms with Crippen molar-refractivity contribution in [1.29, 1.82) is 0 Å². The van der Waals surface area contributed by atoms with Crippen molar-refractivity contribution in [1.82, 2.24) is 0 Å². The molecular formula is C10H8F3NO3. The van der Waals surface area contributed by atoms with Crippen LogP contribution >= 0.6 is 0 Å². The molecule has 0 amide bonds. The Kier molecular flexibility index (Phi) is 3.21. The van der Waals surface area contributed by atoms with E-state index in [0.29, 0.717) is 6.07 Å². The van der Waals surface area contributed by atoms with Crippen molar-refractivity contribution in [3.8, 4) is 0 Å². The molecule has 0 heterocycles. The molecule has 0 aliphatic heterocycles. The Morgan fingerprint density at radius 1 is 1.35 bits per heavy atom. The van der Waals surface area contributed by atoms with Crippen LogP contribution in [0.1, 0.15) is 28.4 Å². The first-order valence-corrected chi connectivity index (χ1v) is 4.51.